The molecule has 1 aliphatic heterocycles. The molecule has 1 saturated heterocycles. The molecule has 0 aliphatic carbocycles. The SMILES string of the molecule is COc1cc(OC)c(C(=O)CN2CCN(C)CC2)c(O)c1Cl. The molecule has 1 aliphatic rings. The molecule has 2 rings (SSSR count). The summed E-state index contributed by atoms with van der Waals surface area (Å²) in [5.74, 6) is 0.0190. The van der Waals surface area contributed by atoms with Gasteiger partial charge in [0.05, 0.1) is 20.8 Å². The number of likely N-dealkylation sites (N-methyl/N-ethyl adjacent to an activating group) is 1. The average Bonchev–Trinajstić information content (AvgIpc) is 2.51. The lowest BCUT2D eigenvalue weighted by molar-refractivity contribution is 0.0871. The van der Waals surface area contributed by atoms with Crippen molar-refractivity contribution in [2.24, 2.45) is 0 Å². The summed E-state index contributed by atoms with van der Waals surface area (Å²) in [5.41, 5.74) is 0.104. The number of nitrogens with zero attached hydrogens (tertiary/aromatic N) is 2. The van der Waals surface area contributed by atoms with E-state index in [1.807, 2.05) is 0 Å². The summed E-state index contributed by atoms with van der Waals surface area (Å²) in [7, 11) is 4.93. The summed E-state index contributed by atoms with van der Waals surface area (Å²) in [4.78, 5) is 16.8. The van der Waals surface area contributed by atoms with Crippen LogP contribution in [0.5, 0.6) is 17.2 Å². The van der Waals surface area contributed by atoms with E-state index in [1.54, 1.807) is 0 Å². The number of rotatable bonds is 5. The van der Waals surface area contributed by atoms with E-state index in [1.165, 1.54) is 20.3 Å². The molecule has 0 atom stereocenters. The number of ether oxygens (including phenoxy) is 2. The first-order valence-corrected chi connectivity index (χ1v) is 7.43. The molecular weight excluding hydrogens is 308 g/mol. The van der Waals surface area contributed by atoms with E-state index in [0.717, 1.165) is 26.2 Å². The number of carbonyl (C=O) groups is 1. The van der Waals surface area contributed by atoms with Crippen LogP contribution < -0.4 is 9.47 Å². The maximum Gasteiger partial charge on any atom is 0.184 e. The summed E-state index contributed by atoms with van der Waals surface area (Å²) in [5, 5.41) is 10.2. The fraction of sp³-hybridized carbons (Fsp3) is 0.533. The van der Waals surface area contributed by atoms with Crippen LogP contribution >= 0.6 is 11.6 Å². The number of phenolic OH excluding ortho intramolecular Hbond substituents is 1. The molecule has 1 heterocycles. The molecule has 0 amide bonds. The lowest BCUT2D eigenvalue weighted by atomic mass is 10.1. The molecule has 1 N–H and O–H groups in total. The molecule has 6 nitrogen and oxygen atoms in total. The van der Waals surface area contributed by atoms with Crippen molar-refractivity contribution in [3.8, 4) is 17.2 Å². The molecule has 0 aromatic heterocycles. The summed E-state index contributed by atoms with van der Waals surface area (Å²) in [6.07, 6.45) is 0. The van der Waals surface area contributed by atoms with Crippen molar-refractivity contribution >= 4 is 17.4 Å². The van der Waals surface area contributed by atoms with Gasteiger partial charge in [0.15, 0.2) is 11.5 Å². The minimum Gasteiger partial charge on any atom is -0.505 e. The van der Waals surface area contributed by atoms with E-state index < -0.39 is 0 Å². The van der Waals surface area contributed by atoms with Gasteiger partial charge < -0.3 is 19.5 Å². The number of piperazine rings is 1. The first kappa shape index (κ1) is 16.9. The quantitative estimate of drug-likeness (QED) is 0.826. The number of carbonyl (C=O) groups excluding carboxylic acids is 1. The van der Waals surface area contributed by atoms with Gasteiger partial charge in [0.2, 0.25) is 0 Å². The maximum atomic E-state index is 12.6. The van der Waals surface area contributed by atoms with E-state index in [9.17, 15) is 9.90 Å². The van der Waals surface area contributed by atoms with Crippen LogP contribution in [0, 0.1) is 0 Å². The molecule has 0 unspecified atom stereocenters. The molecule has 1 fully saturated rings. The Morgan fingerprint density at radius 3 is 2.36 bits per heavy atom. The zero-order chi connectivity index (χ0) is 16.3. The number of benzene rings is 1. The molecule has 0 spiro atoms. The Hall–Kier alpha value is -1.50. The second kappa shape index (κ2) is 7.17. The summed E-state index contributed by atoms with van der Waals surface area (Å²) in [6, 6.07) is 1.51. The molecule has 0 saturated carbocycles. The van der Waals surface area contributed by atoms with Gasteiger partial charge >= 0.3 is 0 Å². The predicted octanol–water partition coefficient (Wildman–Crippen LogP) is 1.49. The molecule has 0 radical (unpaired) electrons. The van der Waals surface area contributed by atoms with Crippen LogP contribution in [0.25, 0.3) is 0 Å². The minimum atomic E-state index is -0.294. The maximum absolute atomic E-state index is 12.6. The molecular formula is C15H21ClN2O4. The van der Waals surface area contributed by atoms with Gasteiger partial charge in [-0.15, -0.1) is 0 Å². The van der Waals surface area contributed by atoms with Crippen LogP contribution in [0.3, 0.4) is 0 Å². The monoisotopic (exact) mass is 328 g/mol. The Bertz CT molecular complexity index is 557. The van der Waals surface area contributed by atoms with Crippen molar-refractivity contribution < 1.29 is 19.4 Å². The van der Waals surface area contributed by atoms with Gasteiger partial charge in [0.1, 0.15) is 22.1 Å². The Morgan fingerprint density at radius 2 is 1.82 bits per heavy atom. The van der Waals surface area contributed by atoms with Crippen LogP contribution in [0.1, 0.15) is 10.4 Å². The van der Waals surface area contributed by atoms with Crippen molar-refractivity contribution in [2.45, 2.75) is 0 Å². The van der Waals surface area contributed by atoms with Gasteiger partial charge in [-0.3, -0.25) is 9.69 Å². The van der Waals surface area contributed by atoms with E-state index in [-0.39, 0.29) is 40.2 Å². The molecule has 1 aromatic carbocycles. The van der Waals surface area contributed by atoms with Crippen LogP contribution in [0.2, 0.25) is 5.02 Å². The molecule has 22 heavy (non-hydrogen) atoms. The van der Waals surface area contributed by atoms with Gasteiger partial charge in [-0.05, 0) is 7.05 Å². The predicted molar refractivity (Wildman–Crippen MR) is 84.5 cm³/mol. The third-order valence-corrected chi connectivity index (χ3v) is 4.22. The van der Waals surface area contributed by atoms with E-state index in [4.69, 9.17) is 21.1 Å². The highest BCUT2D eigenvalue weighted by Crippen LogP contribution is 2.42. The zero-order valence-corrected chi connectivity index (χ0v) is 13.8. The lowest BCUT2D eigenvalue weighted by Gasteiger charge is -2.31. The third kappa shape index (κ3) is 3.45. The Morgan fingerprint density at radius 1 is 1.23 bits per heavy atom. The fourth-order valence-electron chi connectivity index (χ4n) is 2.46. The largest absolute Gasteiger partial charge is 0.505 e. The number of phenols is 1. The van der Waals surface area contributed by atoms with Gasteiger partial charge in [-0.25, -0.2) is 0 Å². The second-order valence-corrected chi connectivity index (χ2v) is 5.70. The van der Waals surface area contributed by atoms with Crippen LogP contribution in [0.4, 0.5) is 0 Å². The molecule has 122 valence electrons. The topological polar surface area (TPSA) is 62.2 Å². The number of ketones is 1. The number of methoxy groups -OCH3 is 2. The number of Topliss-reactive ketones (excluding diaryl/α,β-unsaturated/α-hetero) is 1. The van der Waals surface area contributed by atoms with Crippen LogP contribution in [0.15, 0.2) is 6.07 Å². The highest BCUT2D eigenvalue weighted by Gasteiger charge is 2.25. The lowest BCUT2D eigenvalue weighted by Crippen LogP contribution is -2.46. The Kier molecular flexibility index (Phi) is 5.50. The Balaban J connectivity index is 2.23. The first-order chi connectivity index (χ1) is 10.5. The van der Waals surface area contributed by atoms with Crippen molar-refractivity contribution in [1.82, 2.24) is 9.80 Å². The Labute approximate surface area is 135 Å². The highest BCUT2D eigenvalue weighted by molar-refractivity contribution is 6.34. The second-order valence-electron chi connectivity index (χ2n) is 5.32. The van der Waals surface area contributed by atoms with Crippen LogP contribution in [-0.4, -0.2) is 74.7 Å². The zero-order valence-electron chi connectivity index (χ0n) is 13.1. The van der Waals surface area contributed by atoms with Crippen molar-refractivity contribution in [2.75, 3.05) is 54.0 Å². The average molecular weight is 329 g/mol. The number of hydrogen-bond acceptors (Lipinski definition) is 6. The van der Waals surface area contributed by atoms with Crippen molar-refractivity contribution in [3.05, 3.63) is 16.7 Å². The smallest absolute Gasteiger partial charge is 0.184 e. The van der Waals surface area contributed by atoms with E-state index >= 15 is 0 Å². The van der Waals surface area contributed by atoms with Crippen molar-refractivity contribution in [3.63, 3.8) is 0 Å². The highest BCUT2D eigenvalue weighted by atomic mass is 35.5. The van der Waals surface area contributed by atoms with E-state index in [2.05, 4.69) is 16.8 Å². The first-order valence-electron chi connectivity index (χ1n) is 7.05. The normalized spacial score (nSPS) is 16.5. The van der Waals surface area contributed by atoms with Gasteiger partial charge in [0, 0.05) is 32.2 Å². The summed E-state index contributed by atoms with van der Waals surface area (Å²) < 4.78 is 10.3. The van der Waals surface area contributed by atoms with E-state index in [0.29, 0.717) is 0 Å². The minimum absolute atomic E-state index is 0.0185. The van der Waals surface area contributed by atoms with Crippen LogP contribution in [-0.2, 0) is 0 Å². The molecule has 1 aromatic rings. The molecule has 0 bridgehead atoms. The summed E-state index contributed by atoms with van der Waals surface area (Å²) in [6.45, 7) is 3.68. The number of aromatic hydroxyl groups is 1. The molecule has 7 heteroatoms. The van der Waals surface area contributed by atoms with Gasteiger partial charge in [-0.2, -0.15) is 0 Å². The van der Waals surface area contributed by atoms with Gasteiger partial charge in [0.25, 0.3) is 0 Å². The standard InChI is InChI=1S/C15H21ClN2O4/c1-17-4-6-18(7-5-17)9-10(19)13-11(21-2)8-12(22-3)14(16)15(13)20/h8,20H,4-7,9H2,1-3H3. The number of halogens is 1. The number of hydrogen-bond donors (Lipinski definition) is 1. The third-order valence-electron chi connectivity index (χ3n) is 3.85. The van der Waals surface area contributed by atoms with Crippen molar-refractivity contribution in [1.29, 1.82) is 0 Å². The van der Waals surface area contributed by atoms with Gasteiger partial charge in [-0.1, -0.05) is 11.6 Å². The summed E-state index contributed by atoms with van der Waals surface area (Å²) >= 11 is 6.03. The fourth-order valence-corrected chi connectivity index (χ4v) is 2.69.